The van der Waals surface area contributed by atoms with Crippen LogP contribution in [0.2, 0.25) is 25.7 Å². The fourth-order valence-corrected chi connectivity index (χ4v) is 2.56. The first-order valence-corrected chi connectivity index (χ1v) is 11.1. The zero-order chi connectivity index (χ0) is 17.7. The van der Waals surface area contributed by atoms with Gasteiger partial charge in [0.2, 0.25) is 0 Å². The number of alkyl halides is 3. The number of nitrogens with zero attached hydrogens (tertiary/aromatic N) is 2. The SMILES string of the molecule is C[Si](C)(C)CCOCn1nc(CCCO)cc(C(F)(F)F)c1=O. The van der Waals surface area contributed by atoms with E-state index < -0.39 is 25.4 Å². The highest BCUT2D eigenvalue weighted by atomic mass is 28.3. The van der Waals surface area contributed by atoms with Crippen molar-refractivity contribution in [3.05, 3.63) is 27.7 Å². The summed E-state index contributed by atoms with van der Waals surface area (Å²) in [4.78, 5) is 11.9. The highest BCUT2D eigenvalue weighted by Crippen LogP contribution is 2.26. The monoisotopic (exact) mass is 352 g/mol. The summed E-state index contributed by atoms with van der Waals surface area (Å²) < 4.78 is 44.9. The Morgan fingerprint density at radius 2 is 2.00 bits per heavy atom. The number of aryl methyl sites for hydroxylation is 1. The molecule has 9 heteroatoms. The maximum atomic E-state index is 12.9. The van der Waals surface area contributed by atoms with Gasteiger partial charge in [-0.1, -0.05) is 19.6 Å². The van der Waals surface area contributed by atoms with Crippen LogP contribution in [0, 0.1) is 0 Å². The first-order valence-electron chi connectivity index (χ1n) is 7.41. The molecule has 1 aromatic heterocycles. The molecule has 0 spiro atoms. The lowest BCUT2D eigenvalue weighted by Gasteiger charge is -2.16. The van der Waals surface area contributed by atoms with Crippen molar-refractivity contribution in [3.8, 4) is 0 Å². The Morgan fingerprint density at radius 3 is 2.52 bits per heavy atom. The van der Waals surface area contributed by atoms with E-state index in [0.29, 0.717) is 11.3 Å². The first-order chi connectivity index (χ1) is 10.5. The van der Waals surface area contributed by atoms with Gasteiger partial charge >= 0.3 is 6.18 Å². The fraction of sp³-hybridized carbons (Fsp3) is 0.714. The summed E-state index contributed by atoms with van der Waals surface area (Å²) in [6.07, 6.45) is -4.30. The number of rotatable bonds is 8. The van der Waals surface area contributed by atoms with Gasteiger partial charge in [-0.2, -0.15) is 18.3 Å². The topological polar surface area (TPSA) is 64.3 Å². The van der Waals surface area contributed by atoms with Gasteiger partial charge in [-0.25, -0.2) is 4.68 Å². The second-order valence-electron chi connectivity index (χ2n) is 6.53. The van der Waals surface area contributed by atoms with Crippen molar-refractivity contribution < 1.29 is 23.0 Å². The summed E-state index contributed by atoms with van der Waals surface area (Å²) in [6.45, 7) is 6.37. The van der Waals surface area contributed by atoms with Gasteiger partial charge in [0, 0.05) is 21.3 Å². The van der Waals surface area contributed by atoms with E-state index in [2.05, 4.69) is 24.7 Å². The zero-order valence-electron chi connectivity index (χ0n) is 13.6. The minimum Gasteiger partial charge on any atom is -0.396 e. The Bertz CT molecular complexity index is 568. The second kappa shape index (κ2) is 8.07. The quantitative estimate of drug-likeness (QED) is 0.577. The van der Waals surface area contributed by atoms with E-state index in [1.807, 2.05) is 0 Å². The van der Waals surface area contributed by atoms with Gasteiger partial charge in [0.05, 0.1) is 5.69 Å². The molecule has 1 heterocycles. The molecule has 132 valence electrons. The number of aromatic nitrogens is 2. The molecule has 0 aliphatic rings. The van der Waals surface area contributed by atoms with Crippen molar-refractivity contribution in [1.82, 2.24) is 9.78 Å². The molecule has 5 nitrogen and oxygen atoms in total. The molecule has 0 aliphatic heterocycles. The Balaban J connectivity index is 2.94. The van der Waals surface area contributed by atoms with Crippen LogP contribution in [0.4, 0.5) is 13.2 Å². The molecule has 0 radical (unpaired) electrons. The Labute approximate surface area is 134 Å². The average Bonchev–Trinajstić information content (AvgIpc) is 2.41. The molecule has 0 aromatic carbocycles. The second-order valence-corrected chi connectivity index (χ2v) is 12.1. The molecule has 1 rings (SSSR count). The lowest BCUT2D eigenvalue weighted by molar-refractivity contribution is -0.139. The van der Waals surface area contributed by atoms with Crippen LogP contribution < -0.4 is 5.56 Å². The predicted octanol–water partition coefficient (Wildman–Crippen LogP) is 2.50. The van der Waals surface area contributed by atoms with Crippen LogP contribution in [0.5, 0.6) is 0 Å². The lowest BCUT2D eigenvalue weighted by atomic mass is 10.2. The van der Waals surface area contributed by atoms with Gasteiger partial charge < -0.3 is 9.84 Å². The van der Waals surface area contributed by atoms with Gasteiger partial charge in [-0.15, -0.1) is 0 Å². The van der Waals surface area contributed by atoms with Crippen LogP contribution in [-0.2, 0) is 24.1 Å². The molecule has 0 fully saturated rings. The van der Waals surface area contributed by atoms with Gasteiger partial charge in [-0.05, 0) is 25.0 Å². The van der Waals surface area contributed by atoms with Crippen LogP contribution in [0.1, 0.15) is 17.7 Å². The highest BCUT2D eigenvalue weighted by Gasteiger charge is 2.35. The van der Waals surface area contributed by atoms with Crippen LogP contribution in [0.25, 0.3) is 0 Å². The molecule has 1 aromatic rings. The smallest absolute Gasteiger partial charge is 0.396 e. The van der Waals surface area contributed by atoms with Crippen LogP contribution in [0.15, 0.2) is 10.9 Å². The number of aliphatic hydroxyl groups is 1. The standard InChI is InChI=1S/C14H23F3N2O3Si/c1-23(2,3)8-7-22-10-19-13(21)12(14(15,16)17)9-11(18-19)5-4-6-20/h9,20H,4-8,10H2,1-3H3. The Kier molecular flexibility index (Phi) is 6.96. The van der Waals surface area contributed by atoms with Gasteiger partial charge in [0.25, 0.3) is 5.56 Å². The normalized spacial score (nSPS) is 12.7. The van der Waals surface area contributed by atoms with Crippen LogP contribution >= 0.6 is 0 Å². The lowest BCUT2D eigenvalue weighted by Crippen LogP contribution is -2.32. The van der Waals surface area contributed by atoms with E-state index in [1.54, 1.807) is 0 Å². The molecule has 23 heavy (non-hydrogen) atoms. The largest absolute Gasteiger partial charge is 0.421 e. The minimum atomic E-state index is -4.74. The first kappa shape index (κ1) is 19.9. The molecule has 0 atom stereocenters. The van der Waals surface area contributed by atoms with Gasteiger partial charge in [0.15, 0.2) is 0 Å². The Morgan fingerprint density at radius 1 is 1.35 bits per heavy atom. The minimum absolute atomic E-state index is 0.111. The summed E-state index contributed by atoms with van der Waals surface area (Å²) in [5, 5.41) is 12.7. The van der Waals surface area contributed by atoms with E-state index in [-0.39, 0.29) is 31.9 Å². The maximum absolute atomic E-state index is 12.9. The van der Waals surface area contributed by atoms with Crippen LogP contribution in [-0.4, -0.2) is 36.2 Å². The number of aliphatic hydroxyl groups excluding tert-OH is 1. The number of ether oxygens (including phenoxy) is 1. The number of hydrogen-bond acceptors (Lipinski definition) is 4. The summed E-state index contributed by atoms with van der Waals surface area (Å²) in [7, 11) is -1.32. The molecule has 0 aliphatic carbocycles. The van der Waals surface area contributed by atoms with E-state index in [0.717, 1.165) is 12.1 Å². The van der Waals surface area contributed by atoms with E-state index in [4.69, 9.17) is 9.84 Å². The molecule has 0 unspecified atom stereocenters. The van der Waals surface area contributed by atoms with Crippen molar-refractivity contribution in [3.63, 3.8) is 0 Å². The van der Waals surface area contributed by atoms with Crippen molar-refractivity contribution in [2.45, 2.75) is 51.4 Å². The number of halogens is 3. The third-order valence-electron chi connectivity index (χ3n) is 3.13. The van der Waals surface area contributed by atoms with Crippen molar-refractivity contribution in [2.75, 3.05) is 13.2 Å². The fourth-order valence-electron chi connectivity index (χ4n) is 1.80. The van der Waals surface area contributed by atoms with Gasteiger partial charge in [0.1, 0.15) is 12.3 Å². The van der Waals surface area contributed by atoms with E-state index in [9.17, 15) is 18.0 Å². The predicted molar refractivity (Wildman–Crippen MR) is 83.0 cm³/mol. The van der Waals surface area contributed by atoms with E-state index >= 15 is 0 Å². The zero-order valence-corrected chi connectivity index (χ0v) is 14.6. The molecular formula is C14H23F3N2O3Si. The molecule has 0 saturated heterocycles. The molecule has 0 bridgehead atoms. The third-order valence-corrected chi connectivity index (χ3v) is 4.84. The third kappa shape index (κ3) is 6.84. The summed E-state index contributed by atoms with van der Waals surface area (Å²) >= 11 is 0. The van der Waals surface area contributed by atoms with Crippen LogP contribution in [0.3, 0.4) is 0 Å². The van der Waals surface area contributed by atoms with Gasteiger partial charge in [-0.3, -0.25) is 4.79 Å². The molecule has 1 N–H and O–H groups in total. The van der Waals surface area contributed by atoms with Crippen molar-refractivity contribution >= 4 is 8.07 Å². The van der Waals surface area contributed by atoms with Crippen molar-refractivity contribution in [1.29, 1.82) is 0 Å². The number of hydrogen-bond donors (Lipinski definition) is 1. The summed E-state index contributed by atoms with van der Waals surface area (Å²) in [5.41, 5.74) is -2.35. The highest BCUT2D eigenvalue weighted by molar-refractivity contribution is 6.76. The molecule has 0 saturated carbocycles. The van der Waals surface area contributed by atoms with Crippen molar-refractivity contribution in [2.24, 2.45) is 0 Å². The summed E-state index contributed by atoms with van der Waals surface area (Å²) in [5.74, 6) is 0. The summed E-state index contributed by atoms with van der Waals surface area (Å²) in [6, 6.07) is 1.59. The Hall–Kier alpha value is -1.19. The average molecular weight is 352 g/mol. The maximum Gasteiger partial charge on any atom is 0.421 e. The van der Waals surface area contributed by atoms with E-state index in [1.165, 1.54) is 0 Å². The molecule has 0 amide bonds. The molecular weight excluding hydrogens is 329 g/mol.